The predicted octanol–water partition coefficient (Wildman–Crippen LogP) is 0.546. The minimum atomic E-state index is -0.476. The summed E-state index contributed by atoms with van der Waals surface area (Å²) in [5, 5.41) is 11.8. The second kappa shape index (κ2) is 5.08. The third-order valence-electron chi connectivity index (χ3n) is 2.63. The zero-order valence-corrected chi connectivity index (χ0v) is 10.8. The Morgan fingerprint density at radius 3 is 3.10 bits per heavy atom. The molecule has 0 fully saturated rings. The molecule has 0 amide bonds. The van der Waals surface area contributed by atoms with Crippen molar-refractivity contribution >= 4 is 11.6 Å². The number of imidazole rings is 1. The third-order valence-corrected chi connectivity index (χ3v) is 2.63. The molecule has 8 nitrogen and oxygen atoms in total. The Hall–Kier alpha value is -2.77. The monoisotopic (exact) mass is 272 g/mol. The lowest BCUT2D eigenvalue weighted by Gasteiger charge is -1.96. The molecule has 3 aromatic rings. The van der Waals surface area contributed by atoms with Crippen LogP contribution in [0.15, 0.2) is 30.7 Å². The van der Waals surface area contributed by atoms with Gasteiger partial charge in [-0.05, 0) is 19.1 Å². The first-order valence-electron chi connectivity index (χ1n) is 6.13. The van der Waals surface area contributed by atoms with Crippen LogP contribution in [0, 0.1) is 0 Å². The smallest absolute Gasteiger partial charge is 0.360 e. The van der Waals surface area contributed by atoms with Gasteiger partial charge in [0.2, 0.25) is 0 Å². The van der Waals surface area contributed by atoms with E-state index in [-0.39, 0.29) is 5.69 Å². The van der Waals surface area contributed by atoms with Crippen LogP contribution in [0.25, 0.3) is 5.65 Å². The molecule has 0 unspecified atom stereocenters. The second-order valence-electron chi connectivity index (χ2n) is 4.08. The lowest BCUT2D eigenvalue weighted by molar-refractivity contribution is 0.0519. The van der Waals surface area contributed by atoms with Crippen LogP contribution < -0.4 is 0 Å². The summed E-state index contributed by atoms with van der Waals surface area (Å²) in [5.74, 6) is -0.476. The fraction of sp³-hybridized carbons (Fsp3) is 0.250. The van der Waals surface area contributed by atoms with Crippen LogP contribution in [-0.4, -0.2) is 42.2 Å². The molecule has 0 atom stereocenters. The summed E-state index contributed by atoms with van der Waals surface area (Å²) in [4.78, 5) is 15.9. The van der Waals surface area contributed by atoms with Crippen molar-refractivity contribution in [3.63, 3.8) is 0 Å². The molecule has 0 radical (unpaired) electrons. The molecule has 3 rings (SSSR count). The van der Waals surface area contributed by atoms with E-state index in [1.807, 2.05) is 12.1 Å². The maximum absolute atomic E-state index is 11.5. The van der Waals surface area contributed by atoms with Crippen molar-refractivity contribution in [3.05, 3.63) is 42.1 Å². The second-order valence-corrected chi connectivity index (χ2v) is 4.08. The number of hydrogen-bond donors (Lipinski definition) is 0. The molecule has 0 saturated carbocycles. The molecule has 0 spiro atoms. The molecule has 0 aromatic carbocycles. The zero-order chi connectivity index (χ0) is 13.9. The fourth-order valence-electron chi connectivity index (χ4n) is 1.80. The van der Waals surface area contributed by atoms with Crippen LogP contribution in [0.2, 0.25) is 0 Å². The van der Waals surface area contributed by atoms with Gasteiger partial charge in [0.25, 0.3) is 0 Å². The average Bonchev–Trinajstić information content (AvgIpc) is 3.05. The summed E-state index contributed by atoms with van der Waals surface area (Å²) >= 11 is 0. The largest absolute Gasteiger partial charge is 0.461 e. The number of aromatic nitrogens is 6. The number of rotatable bonds is 4. The van der Waals surface area contributed by atoms with Crippen LogP contribution in [0.4, 0.5) is 0 Å². The standard InChI is InChI=1S/C12H12N6O2/c1-2-20-12(19)10-8-17(16-15-10)6-9-7-18-11(14-9)4-3-5-13-18/h3-5,7-8H,2,6H2,1H3. The van der Waals surface area contributed by atoms with Crippen molar-refractivity contribution in [3.8, 4) is 0 Å². The van der Waals surface area contributed by atoms with E-state index < -0.39 is 5.97 Å². The number of nitrogens with zero attached hydrogens (tertiary/aromatic N) is 6. The minimum Gasteiger partial charge on any atom is -0.461 e. The van der Waals surface area contributed by atoms with Crippen LogP contribution in [0.5, 0.6) is 0 Å². The van der Waals surface area contributed by atoms with Crippen LogP contribution >= 0.6 is 0 Å². The van der Waals surface area contributed by atoms with Gasteiger partial charge in [0.15, 0.2) is 11.3 Å². The zero-order valence-electron chi connectivity index (χ0n) is 10.8. The van der Waals surface area contributed by atoms with E-state index >= 15 is 0 Å². The lowest BCUT2D eigenvalue weighted by Crippen LogP contribution is -2.05. The molecule has 102 valence electrons. The third kappa shape index (κ3) is 2.35. The normalized spacial score (nSPS) is 10.8. The number of carbonyl (C=O) groups is 1. The maximum atomic E-state index is 11.5. The summed E-state index contributed by atoms with van der Waals surface area (Å²) in [6, 6.07) is 3.68. The van der Waals surface area contributed by atoms with Crippen molar-refractivity contribution in [2.24, 2.45) is 0 Å². The Morgan fingerprint density at radius 2 is 2.30 bits per heavy atom. The quantitative estimate of drug-likeness (QED) is 0.644. The van der Waals surface area contributed by atoms with Crippen molar-refractivity contribution in [2.45, 2.75) is 13.5 Å². The molecule has 0 N–H and O–H groups in total. The van der Waals surface area contributed by atoms with Crippen LogP contribution in [-0.2, 0) is 11.3 Å². The molecular formula is C12H12N6O2. The molecule has 0 bridgehead atoms. The van der Waals surface area contributed by atoms with E-state index in [1.165, 1.54) is 10.9 Å². The van der Waals surface area contributed by atoms with Gasteiger partial charge in [-0.25, -0.2) is 19.0 Å². The first kappa shape index (κ1) is 12.3. The number of hydrogen-bond acceptors (Lipinski definition) is 6. The molecule has 0 aliphatic heterocycles. The van der Waals surface area contributed by atoms with Gasteiger partial charge in [0.05, 0.1) is 31.2 Å². The highest BCUT2D eigenvalue weighted by Crippen LogP contribution is 2.05. The van der Waals surface area contributed by atoms with Crippen LogP contribution in [0.3, 0.4) is 0 Å². The minimum absolute atomic E-state index is 0.189. The van der Waals surface area contributed by atoms with Gasteiger partial charge < -0.3 is 4.74 Å². The molecule has 0 aliphatic rings. The Bertz CT molecular complexity index is 714. The fourth-order valence-corrected chi connectivity index (χ4v) is 1.80. The van der Waals surface area contributed by atoms with Crippen molar-refractivity contribution in [1.29, 1.82) is 0 Å². The summed E-state index contributed by atoms with van der Waals surface area (Å²) in [6.07, 6.45) is 5.03. The van der Waals surface area contributed by atoms with E-state index in [2.05, 4.69) is 20.4 Å². The van der Waals surface area contributed by atoms with Gasteiger partial charge in [0.1, 0.15) is 0 Å². The average molecular weight is 272 g/mol. The maximum Gasteiger partial charge on any atom is 0.360 e. The van der Waals surface area contributed by atoms with E-state index in [4.69, 9.17) is 4.74 Å². The molecular weight excluding hydrogens is 260 g/mol. The Kier molecular flexibility index (Phi) is 3.12. The molecule has 8 heteroatoms. The lowest BCUT2D eigenvalue weighted by atomic mass is 10.4. The van der Waals surface area contributed by atoms with Gasteiger partial charge in [-0.2, -0.15) is 5.10 Å². The number of esters is 1. The number of fused-ring (bicyclic) bond motifs is 1. The molecule has 20 heavy (non-hydrogen) atoms. The van der Waals surface area contributed by atoms with E-state index in [0.29, 0.717) is 13.2 Å². The molecule has 0 saturated heterocycles. The highest BCUT2D eigenvalue weighted by Gasteiger charge is 2.12. The van der Waals surface area contributed by atoms with Crippen molar-refractivity contribution in [2.75, 3.05) is 6.61 Å². The first-order chi connectivity index (χ1) is 9.76. The summed E-state index contributed by atoms with van der Waals surface area (Å²) in [7, 11) is 0. The Morgan fingerprint density at radius 1 is 1.40 bits per heavy atom. The van der Waals surface area contributed by atoms with Gasteiger partial charge in [-0.1, -0.05) is 5.21 Å². The SMILES string of the molecule is CCOC(=O)c1cn(Cc2cn3ncccc3n2)nn1. The molecule has 3 aromatic heterocycles. The summed E-state index contributed by atoms with van der Waals surface area (Å²) in [6.45, 7) is 2.46. The van der Waals surface area contributed by atoms with Gasteiger partial charge in [0, 0.05) is 6.20 Å². The Labute approximate surface area is 114 Å². The van der Waals surface area contributed by atoms with Gasteiger partial charge >= 0.3 is 5.97 Å². The van der Waals surface area contributed by atoms with Gasteiger partial charge in [-0.3, -0.25) is 0 Å². The van der Waals surface area contributed by atoms with Gasteiger partial charge in [-0.15, -0.1) is 5.10 Å². The van der Waals surface area contributed by atoms with E-state index in [9.17, 15) is 4.79 Å². The van der Waals surface area contributed by atoms with Crippen LogP contribution in [0.1, 0.15) is 23.1 Å². The molecule has 3 heterocycles. The topological polar surface area (TPSA) is 87.2 Å². The van der Waals surface area contributed by atoms with Crippen molar-refractivity contribution < 1.29 is 9.53 Å². The molecule has 0 aliphatic carbocycles. The summed E-state index contributed by atoms with van der Waals surface area (Å²) in [5.41, 5.74) is 1.73. The predicted molar refractivity (Wildman–Crippen MR) is 68.1 cm³/mol. The van der Waals surface area contributed by atoms with E-state index in [1.54, 1.807) is 23.8 Å². The highest BCUT2D eigenvalue weighted by atomic mass is 16.5. The number of ether oxygens (including phenoxy) is 1. The van der Waals surface area contributed by atoms with Crippen molar-refractivity contribution in [1.82, 2.24) is 29.6 Å². The van der Waals surface area contributed by atoms with E-state index in [0.717, 1.165) is 11.3 Å². The first-order valence-corrected chi connectivity index (χ1v) is 6.13. The summed E-state index contributed by atoms with van der Waals surface area (Å²) < 4.78 is 8.07. The Balaban J connectivity index is 1.79. The number of carbonyl (C=O) groups excluding carboxylic acids is 1. The highest BCUT2D eigenvalue weighted by molar-refractivity contribution is 5.86.